The second-order valence-corrected chi connectivity index (χ2v) is 6.87. The number of carbonyl (C=O) groups excluding carboxylic acids is 1. The maximum absolute atomic E-state index is 11.9. The summed E-state index contributed by atoms with van der Waals surface area (Å²) in [7, 11) is 1.61. The highest BCUT2D eigenvalue weighted by molar-refractivity contribution is 9.10. The number of rotatable bonds is 6. The van der Waals surface area contributed by atoms with Crippen LogP contribution in [0.2, 0.25) is 0 Å². The van der Waals surface area contributed by atoms with Crippen molar-refractivity contribution in [2.75, 3.05) is 13.7 Å². The van der Waals surface area contributed by atoms with Crippen molar-refractivity contribution in [3.05, 3.63) is 57.6 Å². The van der Waals surface area contributed by atoms with E-state index in [0.29, 0.717) is 5.75 Å². The Labute approximate surface area is 161 Å². The minimum atomic E-state index is -0.311. The highest BCUT2D eigenvalue weighted by Gasteiger charge is 2.16. The van der Waals surface area contributed by atoms with Gasteiger partial charge in [-0.25, -0.2) is 5.43 Å². The molecule has 1 amide bonds. The zero-order chi connectivity index (χ0) is 18.4. The van der Waals surface area contributed by atoms with Gasteiger partial charge in [-0.3, -0.25) is 4.79 Å². The number of amides is 1. The quantitative estimate of drug-likeness (QED) is 0.574. The number of nitrogens with zero attached hydrogens (tertiary/aromatic N) is 1. The van der Waals surface area contributed by atoms with Crippen LogP contribution in [0.5, 0.6) is 11.5 Å². The minimum Gasteiger partial charge on any atom is -0.497 e. The van der Waals surface area contributed by atoms with E-state index >= 15 is 0 Å². The molecule has 0 spiro atoms. The number of ether oxygens (including phenoxy) is 2. The topological polar surface area (TPSA) is 59.9 Å². The molecule has 0 aromatic heterocycles. The van der Waals surface area contributed by atoms with Gasteiger partial charge in [0, 0.05) is 0 Å². The van der Waals surface area contributed by atoms with Crippen LogP contribution in [0.4, 0.5) is 0 Å². The van der Waals surface area contributed by atoms with E-state index < -0.39 is 0 Å². The maximum Gasteiger partial charge on any atom is 0.277 e. The summed E-state index contributed by atoms with van der Waals surface area (Å²) in [5.74, 6) is 1.12. The summed E-state index contributed by atoms with van der Waals surface area (Å²) in [5, 5.41) is 3.95. The zero-order valence-electron chi connectivity index (χ0n) is 14.6. The molecule has 0 aliphatic heterocycles. The van der Waals surface area contributed by atoms with Crippen LogP contribution in [0.1, 0.15) is 29.5 Å². The predicted octanol–water partition coefficient (Wildman–Crippen LogP) is 3.87. The Balaban J connectivity index is 1.53. The van der Waals surface area contributed by atoms with Gasteiger partial charge in [0.1, 0.15) is 11.5 Å². The van der Waals surface area contributed by atoms with Gasteiger partial charge in [0.25, 0.3) is 5.91 Å². The molecule has 0 heterocycles. The van der Waals surface area contributed by atoms with Crippen molar-refractivity contribution in [1.82, 2.24) is 5.43 Å². The summed E-state index contributed by atoms with van der Waals surface area (Å²) in [6, 6.07) is 11.4. The maximum atomic E-state index is 11.9. The van der Waals surface area contributed by atoms with E-state index in [-0.39, 0.29) is 12.5 Å². The number of hydrogen-bond donors (Lipinski definition) is 1. The van der Waals surface area contributed by atoms with Crippen LogP contribution in [0.15, 0.2) is 46.0 Å². The lowest BCUT2D eigenvalue weighted by atomic mass is 9.92. The van der Waals surface area contributed by atoms with Crippen LogP contribution >= 0.6 is 15.9 Å². The second kappa shape index (κ2) is 8.85. The summed E-state index contributed by atoms with van der Waals surface area (Å²) in [4.78, 5) is 11.9. The van der Waals surface area contributed by atoms with Gasteiger partial charge in [-0.05, 0) is 76.5 Å². The van der Waals surface area contributed by atoms with E-state index in [4.69, 9.17) is 9.47 Å². The van der Waals surface area contributed by atoms with Crippen molar-refractivity contribution in [1.29, 1.82) is 0 Å². The highest BCUT2D eigenvalue weighted by Crippen LogP contribution is 2.35. The Hall–Kier alpha value is -2.34. The average molecular weight is 417 g/mol. The number of hydrogen-bond acceptors (Lipinski definition) is 4. The molecule has 2 aromatic carbocycles. The number of halogens is 1. The van der Waals surface area contributed by atoms with Crippen LogP contribution < -0.4 is 14.9 Å². The molecule has 0 saturated carbocycles. The Morgan fingerprint density at radius 3 is 2.96 bits per heavy atom. The van der Waals surface area contributed by atoms with E-state index in [1.165, 1.54) is 24.0 Å². The molecular weight excluding hydrogens is 396 g/mol. The van der Waals surface area contributed by atoms with Crippen LogP contribution in [0.25, 0.3) is 0 Å². The SMILES string of the molecule is COc1cccc(/C=N/NC(=O)COc2ccc3c(c2Br)CCCC3)c1. The molecule has 0 unspecified atom stereocenters. The van der Waals surface area contributed by atoms with Gasteiger partial charge in [0.05, 0.1) is 17.8 Å². The molecule has 1 aliphatic rings. The third-order valence-electron chi connectivity index (χ3n) is 4.28. The van der Waals surface area contributed by atoms with Gasteiger partial charge in [0.15, 0.2) is 6.61 Å². The van der Waals surface area contributed by atoms with Crippen LogP contribution in [0, 0.1) is 0 Å². The van der Waals surface area contributed by atoms with Crippen molar-refractivity contribution in [2.45, 2.75) is 25.7 Å². The molecule has 0 fully saturated rings. The standard InChI is InChI=1S/C20H21BrN2O3/c1-25-16-7-4-5-14(11-16)12-22-23-19(24)13-26-18-10-9-15-6-2-3-8-17(15)20(18)21/h4-5,7,9-12H,2-3,6,8,13H2,1H3,(H,23,24)/b22-12+. The number of hydrazone groups is 1. The lowest BCUT2D eigenvalue weighted by molar-refractivity contribution is -0.123. The molecule has 0 radical (unpaired) electrons. The molecule has 5 nitrogen and oxygen atoms in total. The first kappa shape index (κ1) is 18.5. The smallest absolute Gasteiger partial charge is 0.277 e. The molecule has 1 N–H and O–H groups in total. The van der Waals surface area contributed by atoms with E-state index in [0.717, 1.165) is 28.6 Å². The van der Waals surface area contributed by atoms with E-state index in [1.807, 2.05) is 30.3 Å². The number of benzene rings is 2. The van der Waals surface area contributed by atoms with Crippen molar-refractivity contribution in [2.24, 2.45) is 5.10 Å². The van der Waals surface area contributed by atoms with Crippen LogP contribution in [-0.4, -0.2) is 25.8 Å². The summed E-state index contributed by atoms with van der Waals surface area (Å²) in [5.41, 5.74) is 5.97. The molecule has 6 heteroatoms. The van der Waals surface area contributed by atoms with Crippen LogP contribution in [-0.2, 0) is 17.6 Å². The fraction of sp³-hybridized carbons (Fsp3) is 0.300. The Morgan fingerprint density at radius 1 is 1.27 bits per heavy atom. The third kappa shape index (κ3) is 4.64. The van der Waals surface area contributed by atoms with Gasteiger partial charge in [-0.2, -0.15) is 5.10 Å². The monoisotopic (exact) mass is 416 g/mol. The van der Waals surface area contributed by atoms with E-state index in [9.17, 15) is 4.79 Å². The lowest BCUT2D eigenvalue weighted by Crippen LogP contribution is -2.24. The first-order valence-electron chi connectivity index (χ1n) is 8.56. The highest BCUT2D eigenvalue weighted by atomic mass is 79.9. The van der Waals surface area contributed by atoms with Crippen molar-refractivity contribution in [3.63, 3.8) is 0 Å². The Kier molecular flexibility index (Phi) is 6.28. The largest absolute Gasteiger partial charge is 0.497 e. The second-order valence-electron chi connectivity index (χ2n) is 6.08. The van der Waals surface area contributed by atoms with Crippen molar-refractivity contribution in [3.8, 4) is 11.5 Å². The van der Waals surface area contributed by atoms with E-state index in [2.05, 4.69) is 32.5 Å². The Morgan fingerprint density at radius 2 is 2.12 bits per heavy atom. The Bertz CT molecular complexity index is 821. The summed E-state index contributed by atoms with van der Waals surface area (Å²) in [6.45, 7) is -0.0904. The van der Waals surface area contributed by atoms with Gasteiger partial charge >= 0.3 is 0 Å². The molecule has 136 valence electrons. The predicted molar refractivity (Wildman–Crippen MR) is 105 cm³/mol. The number of aryl methyl sites for hydroxylation is 1. The fourth-order valence-corrected chi connectivity index (χ4v) is 3.65. The fourth-order valence-electron chi connectivity index (χ4n) is 2.95. The summed E-state index contributed by atoms with van der Waals surface area (Å²) >= 11 is 3.62. The minimum absolute atomic E-state index is 0.0904. The molecule has 2 aromatic rings. The van der Waals surface area contributed by atoms with E-state index in [1.54, 1.807) is 13.3 Å². The number of fused-ring (bicyclic) bond motifs is 1. The molecular formula is C20H21BrN2O3. The molecule has 0 atom stereocenters. The average Bonchev–Trinajstić information content (AvgIpc) is 2.68. The first-order chi connectivity index (χ1) is 12.7. The summed E-state index contributed by atoms with van der Waals surface area (Å²) < 4.78 is 11.8. The molecule has 1 aliphatic carbocycles. The van der Waals surface area contributed by atoms with Gasteiger partial charge in [-0.15, -0.1) is 0 Å². The molecule has 26 heavy (non-hydrogen) atoms. The zero-order valence-corrected chi connectivity index (χ0v) is 16.2. The van der Waals surface area contributed by atoms with Gasteiger partial charge in [0.2, 0.25) is 0 Å². The van der Waals surface area contributed by atoms with Gasteiger partial charge in [-0.1, -0.05) is 18.2 Å². The third-order valence-corrected chi connectivity index (χ3v) is 5.15. The first-order valence-corrected chi connectivity index (χ1v) is 9.35. The van der Waals surface area contributed by atoms with Crippen LogP contribution in [0.3, 0.4) is 0 Å². The normalized spacial score (nSPS) is 13.3. The number of nitrogens with one attached hydrogen (secondary N) is 1. The lowest BCUT2D eigenvalue weighted by Gasteiger charge is -2.19. The molecule has 0 saturated heterocycles. The summed E-state index contributed by atoms with van der Waals surface area (Å²) in [6.07, 6.45) is 6.13. The number of methoxy groups -OCH3 is 1. The van der Waals surface area contributed by atoms with Crippen molar-refractivity contribution < 1.29 is 14.3 Å². The van der Waals surface area contributed by atoms with Crippen molar-refractivity contribution >= 4 is 28.1 Å². The molecule has 0 bridgehead atoms. The van der Waals surface area contributed by atoms with Gasteiger partial charge < -0.3 is 9.47 Å². The molecule has 3 rings (SSSR count). The number of carbonyl (C=O) groups is 1.